The lowest BCUT2D eigenvalue weighted by molar-refractivity contribution is -0.144. The van der Waals surface area contributed by atoms with Gasteiger partial charge in [0.1, 0.15) is 29.4 Å². The van der Waals surface area contributed by atoms with Crippen molar-refractivity contribution in [2.45, 2.75) is 161 Å². The molecule has 0 aromatic heterocycles. The summed E-state index contributed by atoms with van der Waals surface area (Å²) in [5.74, 6) is -4.28. The Bertz CT molecular complexity index is 1730. The molecule has 12 nitrogen and oxygen atoms in total. The van der Waals surface area contributed by atoms with Crippen molar-refractivity contribution in [3.8, 4) is 22.6 Å². The molecule has 1 aliphatic rings. The third-order valence-electron chi connectivity index (χ3n) is 11.6. The monoisotopic (exact) mass is 819 g/mol. The van der Waals surface area contributed by atoms with Gasteiger partial charge in [-0.15, -0.1) is 0 Å². The molecule has 3 rings (SSSR count). The fourth-order valence-corrected chi connectivity index (χ4v) is 7.80. The number of amides is 3. The number of nitrogens with one attached hydrogen (secondary N) is 2. The normalized spacial score (nSPS) is 18.0. The van der Waals surface area contributed by atoms with Crippen molar-refractivity contribution in [2.24, 2.45) is 17.6 Å². The van der Waals surface area contributed by atoms with Gasteiger partial charge in [-0.1, -0.05) is 96.6 Å². The third kappa shape index (κ3) is 15.5. The van der Waals surface area contributed by atoms with Gasteiger partial charge in [-0.3, -0.25) is 28.8 Å². The highest BCUT2D eigenvalue weighted by molar-refractivity contribution is 5.96. The van der Waals surface area contributed by atoms with Gasteiger partial charge >= 0.3 is 0 Å². The van der Waals surface area contributed by atoms with E-state index in [1.54, 1.807) is 31.2 Å². The van der Waals surface area contributed by atoms with Crippen molar-refractivity contribution in [3.63, 3.8) is 0 Å². The zero-order valence-electron chi connectivity index (χ0n) is 36.2. The fraction of sp³-hybridized carbons (Fsp3) is 0.617. The van der Waals surface area contributed by atoms with E-state index >= 15 is 0 Å². The van der Waals surface area contributed by atoms with Crippen molar-refractivity contribution in [1.29, 1.82) is 0 Å². The van der Waals surface area contributed by atoms with Gasteiger partial charge in [0.2, 0.25) is 17.7 Å². The minimum absolute atomic E-state index is 0.00149. The SMILES string of the molecule is CCCCCCCCCCCCCC(=O)C[C@@H](CCCCN)C(=O)N(C)[C@@H]1C(=O)C[C@@H](C)C(=O)N[C@H](C(=O)N[C@@H](C)C(C)=O)Cc2ccc(O)c(c2)-c2cc1ccc2O. The second kappa shape index (κ2) is 25.1. The smallest absolute Gasteiger partial charge is 0.243 e. The number of phenolic OH excluding ortho intramolecular Hbond substituents is 2. The topological polar surface area (TPSA) is 196 Å². The summed E-state index contributed by atoms with van der Waals surface area (Å²) in [6, 6.07) is 5.93. The molecule has 326 valence electrons. The van der Waals surface area contributed by atoms with Gasteiger partial charge in [0.25, 0.3) is 0 Å². The van der Waals surface area contributed by atoms with Crippen LogP contribution in [-0.4, -0.2) is 75.9 Å². The van der Waals surface area contributed by atoms with E-state index in [9.17, 15) is 39.0 Å². The van der Waals surface area contributed by atoms with E-state index in [0.29, 0.717) is 43.4 Å². The minimum atomic E-state index is -1.21. The Morgan fingerprint density at radius 3 is 2.05 bits per heavy atom. The van der Waals surface area contributed by atoms with Gasteiger partial charge in [0, 0.05) is 55.7 Å². The number of hydrogen-bond acceptors (Lipinski definition) is 9. The number of aromatic hydroxyl groups is 2. The van der Waals surface area contributed by atoms with Gasteiger partial charge < -0.3 is 31.5 Å². The Labute approximate surface area is 351 Å². The molecule has 2 aromatic rings. The standard InChI is InChI=1S/C47H70N4O8/c1-6-7-8-9-10-11-12-13-14-15-16-20-37(53)29-36(19-17-18-25-48)47(59)51(5)44-35-22-24-42(55)39(30-35)38-27-34(21-23-41(38)54)28-40(46(58)49-32(3)33(4)52)50-45(57)31(2)26-43(44)56/h21-24,27,30-32,36,40,44,54-55H,6-20,25-26,28-29,48H2,1-5H3,(H,49,58)(H,50,57)/t31-,32+,36-,40+,44+/m1/s1. The molecule has 12 heteroatoms. The number of Topliss-reactive ketones (excluding diaryl/α,β-unsaturated/α-hetero) is 3. The van der Waals surface area contributed by atoms with Crippen LogP contribution in [0.15, 0.2) is 36.4 Å². The van der Waals surface area contributed by atoms with Crippen LogP contribution in [0.3, 0.4) is 0 Å². The zero-order valence-corrected chi connectivity index (χ0v) is 36.2. The third-order valence-corrected chi connectivity index (χ3v) is 11.6. The predicted molar refractivity (Wildman–Crippen MR) is 231 cm³/mol. The minimum Gasteiger partial charge on any atom is -0.507 e. The number of carbonyl (C=O) groups excluding carboxylic acids is 6. The van der Waals surface area contributed by atoms with Crippen LogP contribution in [0.4, 0.5) is 0 Å². The lowest BCUT2D eigenvalue weighted by Crippen LogP contribution is -2.52. The molecule has 3 amide bonds. The van der Waals surface area contributed by atoms with E-state index < -0.39 is 47.6 Å². The van der Waals surface area contributed by atoms with Crippen LogP contribution in [0.2, 0.25) is 0 Å². The number of carbonyl (C=O) groups is 6. The number of benzene rings is 2. The zero-order chi connectivity index (χ0) is 43.5. The molecule has 0 saturated carbocycles. The lowest BCUT2D eigenvalue weighted by Gasteiger charge is -2.32. The van der Waals surface area contributed by atoms with E-state index in [4.69, 9.17) is 5.73 Å². The number of unbranched alkanes of at least 4 members (excludes halogenated alkanes) is 11. The molecular weight excluding hydrogens is 749 g/mol. The number of fused-ring (bicyclic) bond motifs is 5. The van der Waals surface area contributed by atoms with Gasteiger partial charge in [-0.2, -0.15) is 0 Å². The molecular formula is C47H70N4O8. The average molecular weight is 819 g/mol. The molecule has 0 saturated heterocycles. The average Bonchev–Trinajstić information content (AvgIpc) is 3.19. The molecule has 0 fully saturated rings. The predicted octanol–water partition coefficient (Wildman–Crippen LogP) is 7.40. The molecule has 6 N–H and O–H groups in total. The van der Waals surface area contributed by atoms with Crippen LogP contribution < -0.4 is 16.4 Å². The van der Waals surface area contributed by atoms with Crippen LogP contribution in [0.5, 0.6) is 11.5 Å². The molecule has 4 bridgehead atoms. The molecule has 2 aromatic carbocycles. The molecule has 1 aliphatic heterocycles. The highest BCUT2D eigenvalue weighted by atomic mass is 16.3. The second-order valence-corrected chi connectivity index (χ2v) is 16.7. The van der Waals surface area contributed by atoms with E-state index in [1.165, 1.54) is 82.9 Å². The summed E-state index contributed by atoms with van der Waals surface area (Å²) in [5.41, 5.74) is 7.10. The van der Waals surface area contributed by atoms with Gasteiger partial charge in [0.15, 0.2) is 11.6 Å². The van der Waals surface area contributed by atoms with Crippen molar-refractivity contribution < 1.29 is 39.0 Å². The Kier molecular flexibility index (Phi) is 20.8. The first kappa shape index (κ1) is 48.8. The van der Waals surface area contributed by atoms with E-state index in [0.717, 1.165) is 25.7 Å². The number of phenols is 2. The van der Waals surface area contributed by atoms with Crippen molar-refractivity contribution in [3.05, 3.63) is 47.5 Å². The Hall–Kier alpha value is -4.58. The lowest BCUT2D eigenvalue weighted by atomic mass is 9.88. The largest absolute Gasteiger partial charge is 0.507 e. The number of nitrogens with two attached hydrogens (primary N) is 1. The number of likely N-dealkylation sites (N-methyl/N-ethyl adjacent to an activating group) is 1. The van der Waals surface area contributed by atoms with Crippen LogP contribution in [0, 0.1) is 11.8 Å². The highest BCUT2D eigenvalue weighted by Gasteiger charge is 2.36. The van der Waals surface area contributed by atoms with Crippen molar-refractivity contribution in [1.82, 2.24) is 15.5 Å². The van der Waals surface area contributed by atoms with Crippen LogP contribution in [0.1, 0.15) is 154 Å². The summed E-state index contributed by atoms with van der Waals surface area (Å²) in [6.45, 7) is 7.11. The number of hydrogen-bond donors (Lipinski definition) is 5. The van der Waals surface area contributed by atoms with E-state index in [2.05, 4.69) is 17.6 Å². The number of ketones is 3. The summed E-state index contributed by atoms with van der Waals surface area (Å²) >= 11 is 0. The van der Waals surface area contributed by atoms with Crippen molar-refractivity contribution >= 4 is 35.1 Å². The molecule has 0 spiro atoms. The second-order valence-electron chi connectivity index (χ2n) is 16.7. The molecule has 1 heterocycles. The summed E-state index contributed by atoms with van der Waals surface area (Å²) in [5, 5.41) is 27.5. The fourth-order valence-electron chi connectivity index (χ4n) is 7.80. The van der Waals surface area contributed by atoms with Crippen LogP contribution >= 0.6 is 0 Å². The Morgan fingerprint density at radius 1 is 0.847 bits per heavy atom. The first-order chi connectivity index (χ1) is 28.2. The molecule has 59 heavy (non-hydrogen) atoms. The molecule has 0 aliphatic carbocycles. The van der Waals surface area contributed by atoms with Crippen LogP contribution in [0.25, 0.3) is 11.1 Å². The number of nitrogens with zero attached hydrogens (tertiary/aromatic N) is 1. The Balaban J connectivity index is 1.88. The summed E-state index contributed by atoms with van der Waals surface area (Å²) < 4.78 is 0. The van der Waals surface area contributed by atoms with Gasteiger partial charge in [-0.05, 0) is 75.0 Å². The van der Waals surface area contributed by atoms with Gasteiger partial charge in [0.05, 0.1) is 6.04 Å². The van der Waals surface area contributed by atoms with Gasteiger partial charge in [-0.25, -0.2) is 0 Å². The molecule has 0 unspecified atom stereocenters. The van der Waals surface area contributed by atoms with Crippen LogP contribution in [-0.2, 0) is 35.2 Å². The first-order valence-electron chi connectivity index (χ1n) is 22.0. The van der Waals surface area contributed by atoms with Crippen molar-refractivity contribution in [2.75, 3.05) is 13.6 Å². The quantitative estimate of drug-likeness (QED) is 0.0710. The maximum Gasteiger partial charge on any atom is 0.243 e. The maximum absolute atomic E-state index is 14.5. The highest BCUT2D eigenvalue weighted by Crippen LogP contribution is 2.39. The Morgan fingerprint density at radius 2 is 1.44 bits per heavy atom. The first-order valence-corrected chi connectivity index (χ1v) is 22.0. The summed E-state index contributed by atoms with van der Waals surface area (Å²) in [6.07, 6.45) is 14.7. The van der Waals surface area contributed by atoms with E-state index in [-0.39, 0.29) is 59.4 Å². The maximum atomic E-state index is 14.5. The summed E-state index contributed by atoms with van der Waals surface area (Å²) in [7, 11) is 1.52. The van der Waals surface area contributed by atoms with E-state index in [1.807, 2.05) is 0 Å². The summed E-state index contributed by atoms with van der Waals surface area (Å²) in [4.78, 5) is 82.6. The molecule has 5 atom stereocenters. The number of rotatable bonds is 23. The molecule has 0 radical (unpaired) electrons.